The minimum atomic E-state index is -0.414. The maximum atomic E-state index is 11.3. The zero-order valence-corrected chi connectivity index (χ0v) is 27.4. The summed E-state index contributed by atoms with van der Waals surface area (Å²) in [7, 11) is 0. The molecule has 5 aromatic rings. The van der Waals surface area contributed by atoms with Crippen LogP contribution in [0.1, 0.15) is 38.9 Å². The van der Waals surface area contributed by atoms with Crippen molar-refractivity contribution in [1.82, 2.24) is 0 Å². The topological polar surface area (TPSA) is 55.8 Å². The van der Waals surface area contributed by atoms with Gasteiger partial charge in [0.05, 0.1) is 0 Å². The van der Waals surface area contributed by atoms with Gasteiger partial charge in [-0.1, -0.05) is 104 Å². The smallest absolute Gasteiger partial charge is 0.330 e. The number of carbonyl (C=O) groups is 2. The Bertz CT molecular complexity index is 1690. The lowest BCUT2D eigenvalue weighted by Crippen LogP contribution is -2.10. The van der Waals surface area contributed by atoms with E-state index in [4.69, 9.17) is 9.47 Å². The minimum absolute atomic E-state index is 0.250. The summed E-state index contributed by atoms with van der Waals surface area (Å²) in [6.07, 6.45) is 6.05. The van der Waals surface area contributed by atoms with E-state index in [0.717, 1.165) is 53.9 Å². The largest absolute Gasteiger partial charge is 0.458 e. The molecule has 0 radical (unpaired) electrons. The summed E-state index contributed by atoms with van der Waals surface area (Å²) in [5, 5.41) is 0. The van der Waals surface area contributed by atoms with E-state index in [1.54, 1.807) is 0 Å². The minimum Gasteiger partial charge on any atom is -0.458 e. The van der Waals surface area contributed by atoms with E-state index in [9.17, 15) is 9.59 Å². The fourth-order valence-corrected chi connectivity index (χ4v) is 5.37. The molecule has 0 N–H and O–H groups in total. The molecule has 0 saturated carbocycles. The van der Waals surface area contributed by atoms with E-state index in [1.807, 2.05) is 24.3 Å². The lowest BCUT2D eigenvalue weighted by atomic mass is 10.0. The van der Waals surface area contributed by atoms with Gasteiger partial charge >= 0.3 is 11.9 Å². The molecule has 0 heterocycles. The molecule has 5 aromatic carbocycles. The number of ether oxygens (including phenoxy) is 2. The molecule has 0 atom stereocenters. The Labute approximate surface area is 283 Å². The second-order valence-corrected chi connectivity index (χ2v) is 11.8. The van der Waals surface area contributed by atoms with Gasteiger partial charge in [-0.3, -0.25) is 0 Å². The number of benzene rings is 5. The third-order valence-electron chi connectivity index (χ3n) is 8.23. The molecule has 0 spiro atoms. The molecule has 0 saturated heterocycles. The van der Waals surface area contributed by atoms with Crippen LogP contribution in [0.15, 0.2) is 147 Å². The highest BCUT2D eigenvalue weighted by molar-refractivity contribution is 5.81. The Morgan fingerprint density at radius 1 is 0.479 bits per heavy atom. The highest BCUT2D eigenvalue weighted by Gasteiger charge is 2.13. The molecular weight excluding hydrogens is 594 g/mol. The van der Waals surface area contributed by atoms with Crippen LogP contribution < -0.4 is 4.90 Å². The first-order valence-corrected chi connectivity index (χ1v) is 16.2. The Morgan fingerprint density at radius 2 is 0.750 bits per heavy atom. The molecule has 0 bridgehead atoms. The first kappa shape index (κ1) is 33.7. The molecule has 5 rings (SSSR count). The summed E-state index contributed by atoms with van der Waals surface area (Å²) >= 11 is 0. The molecular formula is C43H41NO4. The Hall–Kier alpha value is -5.68. The first-order chi connectivity index (χ1) is 23.4. The van der Waals surface area contributed by atoms with Gasteiger partial charge in [0.1, 0.15) is 13.2 Å². The number of aryl methyl sites for hydroxylation is 5. The van der Waals surface area contributed by atoms with Crippen molar-refractivity contribution in [3.05, 3.63) is 186 Å². The Morgan fingerprint density at radius 3 is 1.06 bits per heavy atom. The van der Waals surface area contributed by atoms with Crippen molar-refractivity contribution < 1.29 is 19.1 Å². The predicted octanol–water partition coefficient (Wildman–Crippen LogP) is 9.49. The SMILES string of the molecule is C=CC(=O)OCc1ccc(CCc2ccc(N(c3ccc(C)cc3)c3ccc(CCc4ccc(COC(=O)C=C)cc4)cc3)cc2)cc1. The summed E-state index contributed by atoms with van der Waals surface area (Å²) in [4.78, 5) is 24.9. The van der Waals surface area contributed by atoms with Crippen LogP contribution in [0.5, 0.6) is 0 Å². The lowest BCUT2D eigenvalue weighted by molar-refractivity contribution is -0.139. The second kappa shape index (κ2) is 16.8. The standard InChI is InChI=1S/C43H41NO4/c1-4-42(45)47-30-37-16-12-33(13-17-37)8-10-35-20-26-40(27-21-35)44(39-24-6-32(3)7-25-39)41-28-22-36(23-29-41)11-9-34-14-18-38(19-15-34)31-48-43(46)5-2/h4-7,12-29H,1-2,8-11,30-31H2,3H3. The molecule has 0 aliphatic carbocycles. The fraction of sp³-hybridized carbons (Fsp3) is 0.163. The van der Waals surface area contributed by atoms with Crippen LogP contribution >= 0.6 is 0 Å². The van der Waals surface area contributed by atoms with Gasteiger partial charge in [-0.05, 0) is 102 Å². The molecule has 48 heavy (non-hydrogen) atoms. The molecule has 0 aromatic heterocycles. The normalized spacial score (nSPS) is 10.6. The van der Waals surface area contributed by atoms with E-state index >= 15 is 0 Å². The van der Waals surface area contributed by atoms with Crippen LogP contribution in [-0.4, -0.2) is 11.9 Å². The van der Waals surface area contributed by atoms with E-state index in [-0.39, 0.29) is 13.2 Å². The van der Waals surface area contributed by atoms with Crippen molar-refractivity contribution >= 4 is 29.0 Å². The van der Waals surface area contributed by atoms with E-state index in [0.29, 0.717) is 0 Å². The monoisotopic (exact) mass is 635 g/mol. The van der Waals surface area contributed by atoms with Gasteiger partial charge in [0.25, 0.3) is 0 Å². The van der Waals surface area contributed by atoms with E-state index in [2.05, 4.69) is 122 Å². The van der Waals surface area contributed by atoms with E-state index < -0.39 is 11.9 Å². The van der Waals surface area contributed by atoms with Crippen LogP contribution in [0.4, 0.5) is 17.1 Å². The van der Waals surface area contributed by atoms with Crippen molar-refractivity contribution in [2.45, 2.75) is 45.8 Å². The molecule has 0 fully saturated rings. The average molecular weight is 636 g/mol. The fourth-order valence-electron chi connectivity index (χ4n) is 5.37. The predicted molar refractivity (Wildman–Crippen MR) is 194 cm³/mol. The zero-order valence-electron chi connectivity index (χ0n) is 27.4. The quantitative estimate of drug-likeness (QED) is 0.0847. The number of esters is 2. The van der Waals surface area contributed by atoms with Crippen LogP contribution in [-0.2, 0) is 58.0 Å². The Kier molecular flexibility index (Phi) is 11.8. The highest BCUT2D eigenvalue weighted by atomic mass is 16.5. The third kappa shape index (κ3) is 9.66. The number of rotatable bonds is 15. The van der Waals surface area contributed by atoms with Crippen LogP contribution in [0.2, 0.25) is 0 Å². The highest BCUT2D eigenvalue weighted by Crippen LogP contribution is 2.35. The van der Waals surface area contributed by atoms with Gasteiger partial charge in [-0.25, -0.2) is 9.59 Å². The summed E-state index contributed by atoms with van der Waals surface area (Å²) in [5.74, 6) is -0.828. The molecule has 0 amide bonds. The molecule has 0 unspecified atom stereocenters. The zero-order chi connectivity index (χ0) is 33.7. The van der Waals surface area contributed by atoms with E-state index in [1.165, 1.54) is 40.0 Å². The number of hydrogen-bond donors (Lipinski definition) is 0. The van der Waals surface area contributed by atoms with Crippen molar-refractivity contribution in [2.24, 2.45) is 0 Å². The first-order valence-electron chi connectivity index (χ1n) is 16.2. The van der Waals surface area contributed by atoms with Crippen molar-refractivity contribution in [3.8, 4) is 0 Å². The summed E-state index contributed by atoms with van der Waals surface area (Å²) in [5.41, 5.74) is 11.5. The van der Waals surface area contributed by atoms with Crippen LogP contribution in [0.25, 0.3) is 0 Å². The number of carbonyl (C=O) groups excluding carboxylic acids is 2. The van der Waals surface area contributed by atoms with Gasteiger partial charge < -0.3 is 14.4 Å². The van der Waals surface area contributed by atoms with Gasteiger partial charge in [0.2, 0.25) is 0 Å². The average Bonchev–Trinajstić information content (AvgIpc) is 3.13. The maximum Gasteiger partial charge on any atom is 0.330 e. The van der Waals surface area contributed by atoms with Crippen LogP contribution in [0.3, 0.4) is 0 Å². The van der Waals surface area contributed by atoms with Gasteiger partial charge in [0, 0.05) is 29.2 Å². The summed E-state index contributed by atoms with van der Waals surface area (Å²) in [6, 6.07) is 42.7. The van der Waals surface area contributed by atoms with Crippen LogP contribution in [0, 0.1) is 6.92 Å². The third-order valence-corrected chi connectivity index (χ3v) is 8.23. The molecule has 5 heteroatoms. The van der Waals surface area contributed by atoms with Gasteiger partial charge in [-0.2, -0.15) is 0 Å². The number of anilines is 3. The number of nitrogens with zero attached hydrogens (tertiary/aromatic N) is 1. The lowest BCUT2D eigenvalue weighted by Gasteiger charge is -2.26. The molecule has 0 aliphatic heterocycles. The second-order valence-electron chi connectivity index (χ2n) is 11.8. The molecule has 5 nitrogen and oxygen atoms in total. The van der Waals surface area contributed by atoms with Crippen molar-refractivity contribution in [1.29, 1.82) is 0 Å². The molecule has 0 aliphatic rings. The van der Waals surface area contributed by atoms with Crippen molar-refractivity contribution in [2.75, 3.05) is 4.90 Å². The van der Waals surface area contributed by atoms with Crippen molar-refractivity contribution in [3.63, 3.8) is 0 Å². The van der Waals surface area contributed by atoms with Gasteiger partial charge in [-0.15, -0.1) is 0 Å². The Balaban J connectivity index is 1.22. The number of hydrogen-bond acceptors (Lipinski definition) is 5. The van der Waals surface area contributed by atoms with Gasteiger partial charge in [0.15, 0.2) is 0 Å². The summed E-state index contributed by atoms with van der Waals surface area (Å²) in [6.45, 7) is 9.47. The molecule has 242 valence electrons. The summed E-state index contributed by atoms with van der Waals surface area (Å²) < 4.78 is 10.2. The maximum absolute atomic E-state index is 11.3.